The Morgan fingerprint density at radius 1 is 1.54 bits per heavy atom. The second-order valence-electron chi connectivity index (χ2n) is 4.18. The zero-order valence-corrected chi connectivity index (χ0v) is 9.59. The zero-order chi connectivity index (χ0) is 9.68. The summed E-state index contributed by atoms with van der Waals surface area (Å²) < 4.78 is 5.77. The van der Waals surface area contributed by atoms with E-state index in [0.29, 0.717) is 6.10 Å². The summed E-state index contributed by atoms with van der Waals surface area (Å²) in [6.45, 7) is 7.61. The Balaban J connectivity index is 2.03. The number of rotatable bonds is 5. The van der Waals surface area contributed by atoms with Gasteiger partial charge in [-0.25, -0.2) is 0 Å². The van der Waals surface area contributed by atoms with Crippen LogP contribution in [0, 0.1) is 5.92 Å². The number of hydrogen-bond donors (Lipinski definition) is 1. The largest absolute Gasteiger partial charge is 0.377 e. The predicted molar refractivity (Wildman–Crippen MR) is 59.2 cm³/mol. The summed E-state index contributed by atoms with van der Waals surface area (Å²) in [5.74, 6) is 1.62. The normalized spacial score (nSPS) is 24.5. The molecular formula is C10H21NOS. The van der Waals surface area contributed by atoms with Crippen molar-refractivity contribution >= 4 is 12.6 Å². The van der Waals surface area contributed by atoms with Crippen molar-refractivity contribution in [1.29, 1.82) is 0 Å². The highest BCUT2D eigenvalue weighted by Crippen LogP contribution is 2.13. The quantitative estimate of drug-likeness (QED) is 0.686. The fourth-order valence-corrected chi connectivity index (χ4v) is 1.79. The molecule has 1 rings (SSSR count). The summed E-state index contributed by atoms with van der Waals surface area (Å²) in [5.41, 5.74) is 0. The van der Waals surface area contributed by atoms with Gasteiger partial charge in [0.25, 0.3) is 0 Å². The summed E-state index contributed by atoms with van der Waals surface area (Å²) >= 11 is 4.25. The monoisotopic (exact) mass is 203 g/mol. The van der Waals surface area contributed by atoms with Crippen LogP contribution in [0.1, 0.15) is 26.7 Å². The lowest BCUT2D eigenvalue weighted by Crippen LogP contribution is -2.22. The SMILES string of the molecule is CC(C)CCOC1CCN(CS)C1. The molecule has 1 atom stereocenters. The average molecular weight is 203 g/mol. The number of likely N-dealkylation sites (tertiary alicyclic amines) is 1. The summed E-state index contributed by atoms with van der Waals surface area (Å²) in [6, 6.07) is 0. The smallest absolute Gasteiger partial charge is 0.0714 e. The van der Waals surface area contributed by atoms with E-state index in [9.17, 15) is 0 Å². The molecule has 0 aliphatic carbocycles. The molecule has 13 heavy (non-hydrogen) atoms. The molecule has 0 radical (unpaired) electrons. The first-order chi connectivity index (χ1) is 6.22. The highest BCUT2D eigenvalue weighted by molar-refractivity contribution is 7.80. The Hall–Kier alpha value is 0.270. The second kappa shape index (κ2) is 5.89. The van der Waals surface area contributed by atoms with E-state index >= 15 is 0 Å². The topological polar surface area (TPSA) is 12.5 Å². The first-order valence-electron chi connectivity index (χ1n) is 5.17. The Bertz CT molecular complexity index is 141. The van der Waals surface area contributed by atoms with E-state index in [-0.39, 0.29) is 0 Å². The molecule has 0 aromatic carbocycles. The highest BCUT2D eigenvalue weighted by Gasteiger charge is 2.21. The molecule has 0 aromatic rings. The molecule has 0 amide bonds. The van der Waals surface area contributed by atoms with Crippen LogP contribution in [0.15, 0.2) is 0 Å². The number of ether oxygens (including phenoxy) is 1. The Labute approximate surface area is 87.0 Å². The van der Waals surface area contributed by atoms with Gasteiger partial charge in [0.2, 0.25) is 0 Å². The summed E-state index contributed by atoms with van der Waals surface area (Å²) in [5, 5.41) is 0. The number of nitrogens with zero attached hydrogens (tertiary/aromatic N) is 1. The van der Waals surface area contributed by atoms with Gasteiger partial charge in [0.05, 0.1) is 6.10 Å². The van der Waals surface area contributed by atoms with Gasteiger partial charge in [-0.15, -0.1) is 0 Å². The van der Waals surface area contributed by atoms with Gasteiger partial charge < -0.3 is 4.74 Å². The molecule has 2 nitrogen and oxygen atoms in total. The first kappa shape index (κ1) is 11.3. The van der Waals surface area contributed by atoms with E-state index in [1.54, 1.807) is 0 Å². The van der Waals surface area contributed by atoms with Gasteiger partial charge in [-0.1, -0.05) is 13.8 Å². The first-order valence-corrected chi connectivity index (χ1v) is 5.80. The van der Waals surface area contributed by atoms with Gasteiger partial charge in [-0.05, 0) is 18.8 Å². The molecular weight excluding hydrogens is 182 g/mol. The van der Waals surface area contributed by atoms with E-state index in [1.807, 2.05) is 0 Å². The molecule has 0 N–H and O–H groups in total. The Morgan fingerprint density at radius 3 is 2.85 bits per heavy atom. The van der Waals surface area contributed by atoms with Gasteiger partial charge in [-0.2, -0.15) is 12.6 Å². The van der Waals surface area contributed by atoms with Crippen molar-refractivity contribution in [3.05, 3.63) is 0 Å². The summed E-state index contributed by atoms with van der Waals surface area (Å²) in [4.78, 5) is 2.32. The average Bonchev–Trinajstić information content (AvgIpc) is 2.52. The van der Waals surface area contributed by atoms with Gasteiger partial charge in [-0.3, -0.25) is 4.90 Å². The van der Waals surface area contributed by atoms with Crippen LogP contribution in [0.25, 0.3) is 0 Å². The molecule has 1 unspecified atom stereocenters. The van der Waals surface area contributed by atoms with Crippen LogP contribution in [-0.2, 0) is 4.74 Å². The van der Waals surface area contributed by atoms with Crippen molar-refractivity contribution < 1.29 is 4.74 Å². The van der Waals surface area contributed by atoms with Gasteiger partial charge >= 0.3 is 0 Å². The summed E-state index contributed by atoms with van der Waals surface area (Å²) in [6.07, 6.45) is 2.82. The van der Waals surface area contributed by atoms with Gasteiger partial charge in [0.1, 0.15) is 0 Å². The maximum absolute atomic E-state index is 5.77. The molecule has 3 heteroatoms. The van der Waals surface area contributed by atoms with Crippen molar-refractivity contribution in [3.63, 3.8) is 0 Å². The molecule has 0 bridgehead atoms. The van der Waals surface area contributed by atoms with E-state index in [0.717, 1.165) is 31.5 Å². The van der Waals surface area contributed by atoms with E-state index in [4.69, 9.17) is 4.74 Å². The van der Waals surface area contributed by atoms with Crippen LogP contribution < -0.4 is 0 Å². The zero-order valence-electron chi connectivity index (χ0n) is 8.70. The van der Waals surface area contributed by atoms with Gasteiger partial charge in [0.15, 0.2) is 0 Å². The Kier molecular flexibility index (Phi) is 5.14. The third-order valence-corrected chi connectivity index (χ3v) is 2.88. The molecule has 1 heterocycles. The highest BCUT2D eigenvalue weighted by atomic mass is 32.1. The van der Waals surface area contributed by atoms with Crippen LogP contribution in [0.3, 0.4) is 0 Å². The van der Waals surface area contributed by atoms with Crippen molar-refractivity contribution in [1.82, 2.24) is 4.90 Å². The lowest BCUT2D eigenvalue weighted by atomic mass is 10.1. The number of thiol groups is 1. The lowest BCUT2D eigenvalue weighted by molar-refractivity contribution is 0.0536. The molecule has 1 saturated heterocycles. The molecule has 0 spiro atoms. The fourth-order valence-electron chi connectivity index (χ4n) is 1.53. The standard InChI is InChI=1S/C10H21NOS/c1-9(2)4-6-12-10-3-5-11(7-10)8-13/h9-10,13H,3-8H2,1-2H3. The molecule has 1 aliphatic heterocycles. The van der Waals surface area contributed by atoms with Crippen LogP contribution in [0.2, 0.25) is 0 Å². The predicted octanol–water partition coefficient (Wildman–Crippen LogP) is 2.01. The molecule has 1 aliphatic rings. The molecule has 1 fully saturated rings. The lowest BCUT2D eigenvalue weighted by Gasteiger charge is -2.14. The molecule has 0 saturated carbocycles. The van der Waals surface area contributed by atoms with Crippen LogP contribution >= 0.6 is 12.6 Å². The van der Waals surface area contributed by atoms with Crippen molar-refractivity contribution in [2.24, 2.45) is 5.92 Å². The van der Waals surface area contributed by atoms with Crippen LogP contribution in [-0.4, -0.2) is 36.6 Å². The second-order valence-corrected chi connectivity index (χ2v) is 4.47. The maximum Gasteiger partial charge on any atom is 0.0714 e. The van der Waals surface area contributed by atoms with Crippen LogP contribution in [0.4, 0.5) is 0 Å². The van der Waals surface area contributed by atoms with Crippen molar-refractivity contribution in [3.8, 4) is 0 Å². The minimum absolute atomic E-state index is 0.464. The Morgan fingerprint density at radius 2 is 2.31 bits per heavy atom. The van der Waals surface area contributed by atoms with Crippen molar-refractivity contribution in [2.45, 2.75) is 32.8 Å². The minimum atomic E-state index is 0.464. The van der Waals surface area contributed by atoms with Crippen molar-refractivity contribution in [2.75, 3.05) is 25.6 Å². The van der Waals surface area contributed by atoms with E-state index in [2.05, 4.69) is 31.4 Å². The summed E-state index contributed by atoms with van der Waals surface area (Å²) in [7, 11) is 0. The van der Waals surface area contributed by atoms with E-state index < -0.39 is 0 Å². The number of hydrogen-bond acceptors (Lipinski definition) is 3. The van der Waals surface area contributed by atoms with Crippen LogP contribution in [0.5, 0.6) is 0 Å². The fraction of sp³-hybridized carbons (Fsp3) is 1.00. The van der Waals surface area contributed by atoms with Gasteiger partial charge in [0, 0.05) is 25.6 Å². The third kappa shape index (κ3) is 4.34. The maximum atomic E-state index is 5.77. The molecule has 78 valence electrons. The third-order valence-electron chi connectivity index (χ3n) is 2.48. The molecule has 0 aromatic heterocycles. The minimum Gasteiger partial charge on any atom is -0.377 e. The van der Waals surface area contributed by atoms with E-state index in [1.165, 1.54) is 12.8 Å².